The second-order valence-electron chi connectivity index (χ2n) is 3.56. The van der Waals surface area contributed by atoms with Crippen molar-refractivity contribution in [2.24, 2.45) is 0 Å². The average molecular weight is 270 g/mol. The number of thioether (sulfide) groups is 2. The molecule has 3 heteroatoms. The van der Waals surface area contributed by atoms with Crippen molar-refractivity contribution < 1.29 is 5.11 Å². The van der Waals surface area contributed by atoms with Crippen molar-refractivity contribution in [1.29, 1.82) is 0 Å². The lowest BCUT2D eigenvalue weighted by molar-refractivity contribution is 0.375. The summed E-state index contributed by atoms with van der Waals surface area (Å²) in [5.74, 6) is 3.43. The normalized spacial score (nSPS) is 9.35. The maximum atomic E-state index is 8.49. The molecule has 0 atom stereocenters. The smallest absolute Gasteiger partial charge is 0.0889 e. The summed E-state index contributed by atoms with van der Waals surface area (Å²) in [7, 11) is 0. The first-order valence-electron chi connectivity index (χ1n) is 5.65. The Hall–Kier alpha value is -0.380. The quantitative estimate of drug-likeness (QED) is 0.618. The Morgan fingerprint density at radius 2 is 1.88 bits per heavy atom. The van der Waals surface area contributed by atoms with Crippen molar-refractivity contribution in [3.8, 4) is 0 Å². The highest BCUT2D eigenvalue weighted by molar-refractivity contribution is 7.99. The number of rotatable bonds is 6. The molecular weight excluding hydrogens is 248 g/mol. The largest absolute Gasteiger partial charge is 0.386 e. The summed E-state index contributed by atoms with van der Waals surface area (Å²) in [6, 6.07) is 10.1. The van der Waals surface area contributed by atoms with Gasteiger partial charge in [0.1, 0.15) is 0 Å². The minimum atomic E-state index is 0.203. The molecule has 96 valence electrons. The molecule has 1 nitrogen and oxygen atoms in total. The van der Waals surface area contributed by atoms with Crippen LogP contribution in [0.15, 0.2) is 42.5 Å². The first-order valence-corrected chi connectivity index (χ1v) is 7.96. The van der Waals surface area contributed by atoms with E-state index in [0.717, 1.165) is 11.5 Å². The van der Waals surface area contributed by atoms with Gasteiger partial charge >= 0.3 is 0 Å². The van der Waals surface area contributed by atoms with Gasteiger partial charge in [-0.2, -0.15) is 11.8 Å². The zero-order valence-corrected chi connectivity index (χ0v) is 12.3. The summed E-state index contributed by atoms with van der Waals surface area (Å²) in [6.45, 7) is 7.99. The zero-order valence-electron chi connectivity index (χ0n) is 10.7. The van der Waals surface area contributed by atoms with Gasteiger partial charge in [0.05, 0.1) is 5.94 Å². The van der Waals surface area contributed by atoms with Gasteiger partial charge in [-0.1, -0.05) is 49.4 Å². The zero-order chi connectivity index (χ0) is 12.9. The molecule has 0 fully saturated rings. The van der Waals surface area contributed by atoms with Crippen LogP contribution in [0.5, 0.6) is 0 Å². The molecule has 0 saturated heterocycles. The Kier molecular flexibility index (Phi) is 11.8. The Morgan fingerprint density at radius 1 is 1.24 bits per heavy atom. The summed E-state index contributed by atoms with van der Waals surface area (Å²) in [5.41, 5.74) is 2.54. The maximum Gasteiger partial charge on any atom is 0.0889 e. The molecule has 0 radical (unpaired) electrons. The van der Waals surface area contributed by atoms with Crippen molar-refractivity contribution in [3.63, 3.8) is 0 Å². The number of aliphatic hydroxyl groups excluding tert-OH is 1. The highest BCUT2D eigenvalue weighted by Gasteiger charge is 1.88. The Labute approximate surface area is 114 Å². The minimum Gasteiger partial charge on any atom is -0.386 e. The molecular formula is C14H22OS2. The molecule has 0 spiro atoms. The lowest BCUT2D eigenvalue weighted by atomic mass is 10.2. The van der Waals surface area contributed by atoms with E-state index < -0.39 is 0 Å². The lowest BCUT2D eigenvalue weighted by Crippen LogP contribution is -1.79. The summed E-state index contributed by atoms with van der Waals surface area (Å²) in [6.07, 6.45) is 0. The molecule has 0 aliphatic heterocycles. The maximum absolute atomic E-state index is 8.49. The highest BCUT2D eigenvalue weighted by Crippen LogP contribution is 2.09. The summed E-state index contributed by atoms with van der Waals surface area (Å²) in [5, 5.41) is 8.49. The van der Waals surface area contributed by atoms with Crippen LogP contribution in [0.3, 0.4) is 0 Å². The monoisotopic (exact) mass is 270 g/mol. The van der Waals surface area contributed by atoms with Crippen molar-refractivity contribution in [3.05, 3.63) is 48.0 Å². The Bertz CT molecular complexity index is 286. The predicted octanol–water partition coefficient (Wildman–Crippen LogP) is 4.19. The molecule has 1 rings (SSSR count). The van der Waals surface area contributed by atoms with Crippen molar-refractivity contribution >= 4 is 23.5 Å². The van der Waals surface area contributed by atoms with Gasteiger partial charge in [-0.05, 0) is 18.2 Å². The standard InChI is InChI=1S/C8H10OS.C6H12S/c9-7-10-6-8-4-2-1-3-5-8;1-4-7-5-6(2)3/h1-5,9H,6-7H2;2,4-5H2,1,3H3. The summed E-state index contributed by atoms with van der Waals surface area (Å²) in [4.78, 5) is 0. The second-order valence-corrected chi connectivity index (χ2v) is 5.79. The lowest BCUT2D eigenvalue weighted by Gasteiger charge is -1.96. The molecule has 0 bridgehead atoms. The van der Waals surface area contributed by atoms with Gasteiger partial charge in [0.2, 0.25) is 0 Å². The van der Waals surface area contributed by atoms with E-state index in [4.69, 9.17) is 5.11 Å². The van der Waals surface area contributed by atoms with Crippen LogP contribution in [0, 0.1) is 0 Å². The number of aliphatic hydroxyl groups is 1. The van der Waals surface area contributed by atoms with Crippen LogP contribution in [0.2, 0.25) is 0 Å². The van der Waals surface area contributed by atoms with Gasteiger partial charge in [0.25, 0.3) is 0 Å². The SMILES string of the molecule is C=C(C)CSCC.OCSCc1ccccc1. The predicted molar refractivity (Wildman–Crippen MR) is 82.6 cm³/mol. The molecule has 1 aromatic rings. The fraction of sp³-hybridized carbons (Fsp3) is 0.429. The van der Waals surface area contributed by atoms with Crippen LogP contribution in [-0.4, -0.2) is 22.6 Å². The fourth-order valence-corrected chi connectivity index (χ4v) is 2.09. The molecule has 0 aromatic heterocycles. The van der Waals surface area contributed by atoms with Gasteiger partial charge in [-0.25, -0.2) is 0 Å². The minimum absolute atomic E-state index is 0.203. The molecule has 0 aliphatic rings. The molecule has 0 aliphatic carbocycles. The first-order chi connectivity index (χ1) is 8.20. The van der Waals surface area contributed by atoms with E-state index in [0.29, 0.717) is 0 Å². The van der Waals surface area contributed by atoms with Gasteiger partial charge in [0, 0.05) is 11.5 Å². The third-order valence-electron chi connectivity index (χ3n) is 1.76. The molecule has 1 N–H and O–H groups in total. The van der Waals surface area contributed by atoms with E-state index in [2.05, 4.69) is 32.6 Å². The Morgan fingerprint density at radius 3 is 2.29 bits per heavy atom. The van der Waals surface area contributed by atoms with Gasteiger partial charge in [-0.3, -0.25) is 0 Å². The highest BCUT2D eigenvalue weighted by atomic mass is 32.2. The molecule has 0 saturated carbocycles. The van der Waals surface area contributed by atoms with Crippen molar-refractivity contribution in [2.45, 2.75) is 19.6 Å². The topological polar surface area (TPSA) is 20.2 Å². The van der Waals surface area contributed by atoms with Gasteiger partial charge < -0.3 is 5.11 Å². The van der Waals surface area contributed by atoms with Crippen molar-refractivity contribution in [2.75, 3.05) is 17.4 Å². The third kappa shape index (κ3) is 11.9. The fourth-order valence-electron chi connectivity index (χ4n) is 1.01. The Balaban J connectivity index is 0.000000325. The molecule has 17 heavy (non-hydrogen) atoms. The molecule has 0 heterocycles. The molecule has 1 aromatic carbocycles. The van der Waals surface area contributed by atoms with Crippen molar-refractivity contribution in [1.82, 2.24) is 0 Å². The molecule has 0 unspecified atom stereocenters. The van der Waals surface area contributed by atoms with Crippen LogP contribution < -0.4 is 0 Å². The van der Waals surface area contributed by atoms with Crippen LogP contribution in [-0.2, 0) is 5.75 Å². The summed E-state index contributed by atoms with van der Waals surface area (Å²) >= 11 is 3.43. The third-order valence-corrected chi connectivity index (χ3v) is 3.58. The van der Waals surface area contributed by atoms with E-state index >= 15 is 0 Å². The number of hydrogen-bond donors (Lipinski definition) is 1. The number of benzene rings is 1. The average Bonchev–Trinajstić information content (AvgIpc) is 2.36. The van der Waals surface area contributed by atoms with E-state index in [1.54, 1.807) is 0 Å². The van der Waals surface area contributed by atoms with Crippen LogP contribution in [0.25, 0.3) is 0 Å². The van der Waals surface area contributed by atoms with E-state index in [1.165, 1.54) is 28.7 Å². The van der Waals surface area contributed by atoms with Gasteiger partial charge in [-0.15, -0.1) is 11.8 Å². The summed E-state index contributed by atoms with van der Waals surface area (Å²) < 4.78 is 0. The van der Waals surface area contributed by atoms with Crippen LogP contribution >= 0.6 is 23.5 Å². The first kappa shape index (κ1) is 16.6. The van der Waals surface area contributed by atoms with Crippen LogP contribution in [0.1, 0.15) is 19.4 Å². The van der Waals surface area contributed by atoms with E-state index in [-0.39, 0.29) is 5.94 Å². The van der Waals surface area contributed by atoms with E-state index in [1.807, 2.05) is 30.0 Å². The second kappa shape index (κ2) is 12.1. The van der Waals surface area contributed by atoms with E-state index in [9.17, 15) is 0 Å². The number of hydrogen-bond acceptors (Lipinski definition) is 3. The van der Waals surface area contributed by atoms with Crippen LogP contribution in [0.4, 0.5) is 0 Å². The molecule has 0 amide bonds. The van der Waals surface area contributed by atoms with Gasteiger partial charge in [0.15, 0.2) is 0 Å².